The summed E-state index contributed by atoms with van der Waals surface area (Å²) in [5.41, 5.74) is 0. The molecule has 0 amide bonds. The first kappa shape index (κ1) is 16.9. The van der Waals surface area contributed by atoms with Crippen molar-refractivity contribution in [1.82, 2.24) is 10.0 Å². The molecule has 1 aromatic heterocycles. The van der Waals surface area contributed by atoms with Crippen molar-refractivity contribution in [3.05, 3.63) is 15.8 Å². The number of hydrogen-bond acceptors (Lipinski definition) is 4. The average molecular weight is 331 g/mol. The Bertz CT molecular complexity index is 566. The fourth-order valence-corrected chi connectivity index (χ4v) is 5.86. The number of aryl methyl sites for hydroxylation is 1. The van der Waals surface area contributed by atoms with E-state index < -0.39 is 10.0 Å². The smallest absolute Gasteiger partial charge is 0.241 e. The highest BCUT2D eigenvalue weighted by Gasteiger charge is 2.28. The van der Waals surface area contributed by atoms with Crippen LogP contribution in [0.3, 0.4) is 0 Å². The summed E-state index contributed by atoms with van der Waals surface area (Å²) in [4.78, 5) is 2.41. The van der Waals surface area contributed by atoms with E-state index in [0.717, 1.165) is 42.1 Å². The van der Waals surface area contributed by atoms with Gasteiger partial charge in [0.1, 0.15) is 0 Å². The third-order valence-electron chi connectivity index (χ3n) is 4.18. The molecule has 21 heavy (non-hydrogen) atoms. The minimum absolute atomic E-state index is 0.0836. The van der Waals surface area contributed by atoms with Crippen molar-refractivity contribution in [2.24, 2.45) is 5.92 Å². The zero-order valence-corrected chi connectivity index (χ0v) is 14.7. The Morgan fingerprint density at radius 3 is 2.71 bits per heavy atom. The molecule has 4 nitrogen and oxygen atoms in total. The highest BCUT2D eigenvalue weighted by atomic mass is 32.2. The summed E-state index contributed by atoms with van der Waals surface area (Å²) in [5.74, 6) is 0.425. The summed E-state index contributed by atoms with van der Waals surface area (Å²) in [7, 11) is -3.40. The van der Waals surface area contributed by atoms with Crippen LogP contribution >= 0.6 is 11.3 Å². The highest BCUT2D eigenvalue weighted by molar-refractivity contribution is 7.89. The summed E-state index contributed by atoms with van der Waals surface area (Å²) < 4.78 is 28.2. The van der Waals surface area contributed by atoms with Gasteiger partial charge in [0, 0.05) is 22.3 Å². The maximum atomic E-state index is 12.6. The van der Waals surface area contributed by atoms with E-state index in [2.05, 4.69) is 17.0 Å². The predicted molar refractivity (Wildman–Crippen MR) is 88.2 cm³/mol. The van der Waals surface area contributed by atoms with Crippen LogP contribution in [-0.2, 0) is 16.6 Å². The van der Waals surface area contributed by atoms with E-state index in [1.165, 1.54) is 6.42 Å². The summed E-state index contributed by atoms with van der Waals surface area (Å²) >= 11 is 1.56. The Hall–Kier alpha value is -0.430. The van der Waals surface area contributed by atoms with Crippen LogP contribution in [-0.4, -0.2) is 21.0 Å². The normalized spacial score (nSPS) is 23.4. The first-order valence-corrected chi connectivity index (χ1v) is 10.1. The van der Waals surface area contributed by atoms with Crippen molar-refractivity contribution in [1.29, 1.82) is 0 Å². The first-order chi connectivity index (χ1) is 9.94. The van der Waals surface area contributed by atoms with Gasteiger partial charge in [-0.3, -0.25) is 0 Å². The molecule has 1 fully saturated rings. The summed E-state index contributed by atoms with van der Waals surface area (Å²) in [6, 6.07) is 1.90. The Morgan fingerprint density at radius 2 is 2.05 bits per heavy atom. The van der Waals surface area contributed by atoms with Crippen LogP contribution in [0.15, 0.2) is 11.0 Å². The lowest BCUT2D eigenvalue weighted by Crippen LogP contribution is -2.41. The quantitative estimate of drug-likeness (QED) is 0.843. The van der Waals surface area contributed by atoms with Crippen LogP contribution in [0.4, 0.5) is 0 Å². The number of sulfonamides is 1. The van der Waals surface area contributed by atoms with Crippen LogP contribution in [0.2, 0.25) is 0 Å². The van der Waals surface area contributed by atoms with Crippen LogP contribution in [0.25, 0.3) is 0 Å². The van der Waals surface area contributed by atoms with E-state index in [1.807, 2.05) is 19.9 Å². The standard InChI is InChI=1S/C15H26N2O2S2/c1-4-16-10-13-9-15(12(3)20-13)21(18,19)17-14-8-6-5-7-11(14)2/h9,11,14,16-17H,4-8,10H2,1-3H3. The molecule has 2 rings (SSSR count). The van der Waals surface area contributed by atoms with Crippen LogP contribution < -0.4 is 10.0 Å². The van der Waals surface area contributed by atoms with Crippen molar-refractivity contribution in [2.45, 2.75) is 63.9 Å². The van der Waals surface area contributed by atoms with Crippen molar-refractivity contribution in [3.63, 3.8) is 0 Å². The third kappa shape index (κ3) is 4.28. The van der Waals surface area contributed by atoms with E-state index in [4.69, 9.17) is 0 Å². The summed E-state index contributed by atoms with van der Waals surface area (Å²) in [5, 5.41) is 3.24. The Balaban J connectivity index is 2.13. The van der Waals surface area contributed by atoms with Gasteiger partial charge < -0.3 is 5.32 Å². The Labute approximate surface area is 132 Å². The fraction of sp³-hybridized carbons (Fsp3) is 0.733. The van der Waals surface area contributed by atoms with Gasteiger partial charge in [-0.2, -0.15) is 0 Å². The van der Waals surface area contributed by atoms with Gasteiger partial charge >= 0.3 is 0 Å². The largest absolute Gasteiger partial charge is 0.312 e. The second-order valence-electron chi connectivity index (χ2n) is 5.90. The van der Waals surface area contributed by atoms with Crippen molar-refractivity contribution in [3.8, 4) is 0 Å². The molecule has 120 valence electrons. The molecule has 1 aliphatic carbocycles. The van der Waals surface area contributed by atoms with Gasteiger partial charge in [0.15, 0.2) is 0 Å². The molecule has 1 aliphatic rings. The highest BCUT2D eigenvalue weighted by Crippen LogP contribution is 2.29. The monoisotopic (exact) mass is 330 g/mol. The van der Waals surface area contributed by atoms with Gasteiger partial charge in [-0.25, -0.2) is 13.1 Å². The lowest BCUT2D eigenvalue weighted by Gasteiger charge is -2.29. The molecule has 0 aromatic carbocycles. The van der Waals surface area contributed by atoms with Crippen LogP contribution in [0.1, 0.15) is 49.3 Å². The van der Waals surface area contributed by atoms with Crippen molar-refractivity contribution in [2.75, 3.05) is 6.54 Å². The maximum Gasteiger partial charge on any atom is 0.241 e. The Morgan fingerprint density at radius 1 is 1.33 bits per heavy atom. The maximum absolute atomic E-state index is 12.6. The minimum Gasteiger partial charge on any atom is -0.312 e. The van der Waals surface area contributed by atoms with E-state index >= 15 is 0 Å². The SMILES string of the molecule is CCNCc1cc(S(=O)(=O)NC2CCCCC2C)c(C)s1. The van der Waals surface area contributed by atoms with Gasteiger partial charge in [-0.15, -0.1) is 11.3 Å². The van der Waals surface area contributed by atoms with Gasteiger partial charge in [0.05, 0.1) is 4.90 Å². The molecule has 2 N–H and O–H groups in total. The zero-order valence-electron chi connectivity index (χ0n) is 13.1. The molecule has 0 bridgehead atoms. The first-order valence-electron chi connectivity index (χ1n) is 7.76. The molecule has 1 aromatic rings. The van der Waals surface area contributed by atoms with Gasteiger partial charge in [0.2, 0.25) is 10.0 Å². The molecule has 0 spiro atoms. The number of thiophene rings is 1. The van der Waals surface area contributed by atoms with Crippen LogP contribution in [0, 0.1) is 12.8 Å². The molecule has 2 atom stereocenters. The molecule has 0 saturated heterocycles. The van der Waals surface area contributed by atoms with Gasteiger partial charge in [-0.1, -0.05) is 26.7 Å². The summed E-state index contributed by atoms with van der Waals surface area (Å²) in [6.45, 7) is 7.70. The van der Waals surface area contributed by atoms with E-state index in [1.54, 1.807) is 11.3 Å². The Kier molecular flexibility index (Phi) is 5.82. The van der Waals surface area contributed by atoms with Gasteiger partial charge in [0.25, 0.3) is 0 Å². The fourth-order valence-electron chi connectivity index (χ4n) is 2.88. The number of nitrogens with one attached hydrogen (secondary N) is 2. The lowest BCUT2D eigenvalue weighted by atomic mass is 9.87. The predicted octanol–water partition coefficient (Wildman–Crippen LogP) is 3.02. The molecule has 0 aliphatic heterocycles. The second kappa shape index (κ2) is 7.22. The molecule has 2 unspecified atom stereocenters. The van der Waals surface area contributed by atoms with Crippen LogP contribution in [0.5, 0.6) is 0 Å². The topological polar surface area (TPSA) is 58.2 Å². The zero-order chi connectivity index (χ0) is 15.5. The lowest BCUT2D eigenvalue weighted by molar-refractivity contribution is 0.310. The molecule has 1 saturated carbocycles. The molecular weight excluding hydrogens is 304 g/mol. The van der Waals surface area contributed by atoms with Gasteiger partial charge in [-0.05, 0) is 38.3 Å². The number of hydrogen-bond donors (Lipinski definition) is 2. The third-order valence-corrected chi connectivity index (χ3v) is 6.98. The van der Waals surface area contributed by atoms with E-state index in [9.17, 15) is 8.42 Å². The number of rotatable bonds is 6. The second-order valence-corrected chi connectivity index (χ2v) is 8.93. The average Bonchev–Trinajstić information content (AvgIpc) is 2.81. The minimum atomic E-state index is -3.40. The molecule has 0 radical (unpaired) electrons. The van der Waals surface area contributed by atoms with E-state index in [-0.39, 0.29) is 6.04 Å². The summed E-state index contributed by atoms with van der Waals surface area (Å²) in [6.07, 6.45) is 4.39. The van der Waals surface area contributed by atoms with E-state index in [0.29, 0.717) is 10.8 Å². The van der Waals surface area contributed by atoms with Crippen molar-refractivity contribution >= 4 is 21.4 Å². The molecule has 1 heterocycles. The molecule has 6 heteroatoms. The van der Waals surface area contributed by atoms with Crippen molar-refractivity contribution < 1.29 is 8.42 Å². The molecular formula is C15H26N2O2S2.